The Bertz CT molecular complexity index is 995. The lowest BCUT2D eigenvalue weighted by atomic mass is 10.0. The summed E-state index contributed by atoms with van der Waals surface area (Å²) >= 11 is 0. The summed E-state index contributed by atoms with van der Waals surface area (Å²) in [5.41, 5.74) is 2.22. The predicted octanol–water partition coefficient (Wildman–Crippen LogP) is 5.02. The van der Waals surface area contributed by atoms with Gasteiger partial charge in [-0.2, -0.15) is 0 Å². The summed E-state index contributed by atoms with van der Waals surface area (Å²) in [6.45, 7) is 2.75. The lowest BCUT2D eigenvalue weighted by molar-refractivity contribution is -0.121. The molecular formula is C27H33N3O3. The zero-order valence-corrected chi connectivity index (χ0v) is 19.3. The van der Waals surface area contributed by atoms with E-state index in [-0.39, 0.29) is 11.9 Å². The van der Waals surface area contributed by atoms with Crippen molar-refractivity contribution in [2.24, 2.45) is 0 Å². The maximum atomic E-state index is 12.6. The molecular weight excluding hydrogens is 414 g/mol. The summed E-state index contributed by atoms with van der Waals surface area (Å²) in [5.74, 6) is 2.35. The van der Waals surface area contributed by atoms with E-state index < -0.39 is 0 Å². The first-order chi connectivity index (χ1) is 16.2. The lowest BCUT2D eigenvalue weighted by Gasteiger charge is -2.35. The summed E-state index contributed by atoms with van der Waals surface area (Å²) in [6, 6.07) is 18.3. The third-order valence-electron chi connectivity index (χ3n) is 6.23. The minimum atomic E-state index is 0.0698. The Labute approximate surface area is 196 Å². The molecule has 1 aliphatic rings. The van der Waals surface area contributed by atoms with Gasteiger partial charge in [0.2, 0.25) is 5.91 Å². The molecule has 1 aliphatic heterocycles. The minimum Gasteiger partial charge on any atom is -0.497 e. The molecule has 0 aliphatic carbocycles. The highest BCUT2D eigenvalue weighted by Gasteiger charge is 2.23. The number of amides is 1. The van der Waals surface area contributed by atoms with Crippen molar-refractivity contribution in [2.45, 2.75) is 44.6 Å². The van der Waals surface area contributed by atoms with Crippen LogP contribution in [-0.2, 0) is 11.2 Å². The maximum absolute atomic E-state index is 12.6. The Balaban J connectivity index is 1.28. The number of carbonyl (C=O) groups is 1. The van der Waals surface area contributed by atoms with E-state index >= 15 is 0 Å². The summed E-state index contributed by atoms with van der Waals surface area (Å²) in [7, 11) is 1.68. The molecule has 1 N–H and O–H groups in total. The third kappa shape index (κ3) is 6.45. The van der Waals surface area contributed by atoms with Crippen molar-refractivity contribution in [2.75, 3.05) is 26.7 Å². The summed E-state index contributed by atoms with van der Waals surface area (Å²) in [6.07, 6.45) is 7.27. The normalized spacial score (nSPS) is 15.2. The number of nitrogens with zero attached hydrogens (tertiary/aromatic N) is 2. The first-order valence-electron chi connectivity index (χ1n) is 11.9. The molecule has 3 aromatic rings. The Morgan fingerprint density at radius 2 is 1.85 bits per heavy atom. The quantitative estimate of drug-likeness (QED) is 0.473. The van der Waals surface area contributed by atoms with E-state index in [1.54, 1.807) is 13.3 Å². The molecule has 0 saturated carbocycles. The molecule has 2 heterocycles. The Morgan fingerprint density at radius 1 is 1.09 bits per heavy atom. The molecule has 1 aromatic heterocycles. The fourth-order valence-electron chi connectivity index (χ4n) is 4.37. The summed E-state index contributed by atoms with van der Waals surface area (Å²) in [4.78, 5) is 19.4. The van der Waals surface area contributed by atoms with Gasteiger partial charge in [-0.15, -0.1) is 0 Å². The predicted molar refractivity (Wildman–Crippen MR) is 129 cm³/mol. The van der Waals surface area contributed by atoms with Crippen LogP contribution in [-0.4, -0.2) is 42.5 Å². The number of carbonyl (C=O) groups excluding carboxylic acids is 1. The average Bonchev–Trinajstić information content (AvgIpc) is 3.35. The SMILES string of the molecule is COc1ccc(C(CNC(=O)CCCc2ncc(-c3ccccc3)o2)N2CCCCC2)cc1. The highest BCUT2D eigenvalue weighted by molar-refractivity contribution is 5.75. The second-order valence-corrected chi connectivity index (χ2v) is 8.53. The fraction of sp³-hybridized carbons (Fsp3) is 0.407. The molecule has 6 heteroatoms. The first kappa shape index (κ1) is 23.1. The largest absolute Gasteiger partial charge is 0.497 e. The summed E-state index contributed by atoms with van der Waals surface area (Å²) < 4.78 is 11.1. The molecule has 174 valence electrons. The van der Waals surface area contributed by atoms with Crippen LogP contribution in [0.3, 0.4) is 0 Å². The molecule has 33 heavy (non-hydrogen) atoms. The van der Waals surface area contributed by atoms with Crippen molar-refractivity contribution in [1.29, 1.82) is 0 Å². The van der Waals surface area contributed by atoms with E-state index in [0.29, 0.717) is 31.7 Å². The number of rotatable bonds is 10. The van der Waals surface area contributed by atoms with Crippen molar-refractivity contribution in [1.82, 2.24) is 15.2 Å². The van der Waals surface area contributed by atoms with Crippen LogP contribution in [0.15, 0.2) is 65.2 Å². The Morgan fingerprint density at radius 3 is 2.58 bits per heavy atom. The van der Waals surface area contributed by atoms with Crippen LogP contribution in [0.1, 0.15) is 49.6 Å². The van der Waals surface area contributed by atoms with Crippen LogP contribution >= 0.6 is 0 Å². The van der Waals surface area contributed by atoms with Crippen LogP contribution in [0, 0.1) is 0 Å². The van der Waals surface area contributed by atoms with E-state index in [0.717, 1.165) is 30.2 Å². The molecule has 1 fully saturated rings. The van der Waals surface area contributed by atoms with Gasteiger partial charge in [0.1, 0.15) is 5.75 Å². The monoisotopic (exact) mass is 447 g/mol. The highest BCUT2D eigenvalue weighted by Crippen LogP contribution is 2.26. The van der Waals surface area contributed by atoms with Gasteiger partial charge in [-0.3, -0.25) is 9.69 Å². The van der Waals surface area contributed by atoms with Gasteiger partial charge < -0.3 is 14.5 Å². The van der Waals surface area contributed by atoms with Crippen molar-refractivity contribution in [3.05, 3.63) is 72.2 Å². The number of aryl methyl sites for hydroxylation is 1. The summed E-state index contributed by atoms with van der Waals surface area (Å²) in [5, 5.41) is 3.16. The molecule has 2 aromatic carbocycles. The van der Waals surface area contributed by atoms with Gasteiger partial charge in [-0.25, -0.2) is 4.98 Å². The van der Waals surface area contributed by atoms with Gasteiger partial charge in [0, 0.05) is 24.9 Å². The van der Waals surface area contributed by atoms with Gasteiger partial charge in [-0.1, -0.05) is 48.9 Å². The Kier molecular flexibility index (Phi) is 8.14. The van der Waals surface area contributed by atoms with Gasteiger partial charge in [0.25, 0.3) is 0 Å². The van der Waals surface area contributed by atoms with Crippen molar-refractivity contribution in [3.63, 3.8) is 0 Å². The second-order valence-electron chi connectivity index (χ2n) is 8.53. The van der Waals surface area contributed by atoms with Crippen LogP contribution < -0.4 is 10.1 Å². The molecule has 0 bridgehead atoms. The minimum absolute atomic E-state index is 0.0698. The molecule has 4 rings (SSSR count). The molecule has 1 atom stereocenters. The number of oxazole rings is 1. The zero-order valence-electron chi connectivity index (χ0n) is 19.3. The van der Waals surface area contributed by atoms with E-state index in [9.17, 15) is 4.79 Å². The van der Waals surface area contributed by atoms with Crippen LogP contribution in [0.25, 0.3) is 11.3 Å². The number of methoxy groups -OCH3 is 1. The molecule has 1 saturated heterocycles. The van der Waals surface area contributed by atoms with E-state index in [1.165, 1.54) is 24.8 Å². The number of aromatic nitrogens is 1. The third-order valence-corrected chi connectivity index (χ3v) is 6.23. The van der Waals surface area contributed by atoms with Gasteiger partial charge in [0.05, 0.1) is 19.3 Å². The van der Waals surface area contributed by atoms with Gasteiger partial charge >= 0.3 is 0 Å². The number of hydrogen-bond donors (Lipinski definition) is 1. The Hall–Kier alpha value is -3.12. The molecule has 0 spiro atoms. The topological polar surface area (TPSA) is 67.6 Å². The number of nitrogens with one attached hydrogen (secondary N) is 1. The molecule has 6 nitrogen and oxygen atoms in total. The average molecular weight is 448 g/mol. The number of likely N-dealkylation sites (tertiary alicyclic amines) is 1. The number of piperidine rings is 1. The molecule has 1 unspecified atom stereocenters. The highest BCUT2D eigenvalue weighted by atomic mass is 16.5. The van der Waals surface area contributed by atoms with Crippen molar-refractivity contribution >= 4 is 5.91 Å². The van der Waals surface area contributed by atoms with Crippen LogP contribution in [0.4, 0.5) is 0 Å². The number of benzene rings is 2. The lowest BCUT2D eigenvalue weighted by Crippen LogP contribution is -2.40. The second kappa shape index (κ2) is 11.7. The van der Waals surface area contributed by atoms with Crippen molar-refractivity contribution in [3.8, 4) is 17.1 Å². The smallest absolute Gasteiger partial charge is 0.220 e. The van der Waals surface area contributed by atoms with Crippen LogP contribution in [0.2, 0.25) is 0 Å². The van der Waals surface area contributed by atoms with Gasteiger partial charge in [-0.05, 0) is 50.0 Å². The van der Waals surface area contributed by atoms with Gasteiger partial charge in [0.15, 0.2) is 11.7 Å². The zero-order chi connectivity index (χ0) is 22.9. The molecule has 1 amide bonds. The fourth-order valence-corrected chi connectivity index (χ4v) is 4.37. The molecule has 0 radical (unpaired) electrons. The number of ether oxygens (including phenoxy) is 1. The van der Waals surface area contributed by atoms with E-state index in [2.05, 4.69) is 27.3 Å². The van der Waals surface area contributed by atoms with Crippen molar-refractivity contribution < 1.29 is 13.9 Å². The standard InChI is InChI=1S/C27H33N3O3/c1-32-23-15-13-21(14-16-23)24(30-17-6-3-7-18-30)19-28-26(31)11-8-12-27-29-20-25(33-27)22-9-4-2-5-10-22/h2,4-5,9-10,13-16,20,24H,3,6-8,11-12,17-19H2,1H3,(H,28,31). The first-order valence-corrected chi connectivity index (χ1v) is 11.9. The van der Waals surface area contributed by atoms with E-state index in [1.807, 2.05) is 42.5 Å². The number of hydrogen-bond acceptors (Lipinski definition) is 5. The van der Waals surface area contributed by atoms with Crippen LogP contribution in [0.5, 0.6) is 5.75 Å². The van der Waals surface area contributed by atoms with E-state index in [4.69, 9.17) is 9.15 Å². The maximum Gasteiger partial charge on any atom is 0.220 e.